The second kappa shape index (κ2) is 4.72. The fourth-order valence-electron chi connectivity index (χ4n) is 1.93. The summed E-state index contributed by atoms with van der Waals surface area (Å²) < 4.78 is 0. The van der Waals surface area contributed by atoms with Crippen LogP contribution in [0.5, 0.6) is 0 Å². The van der Waals surface area contributed by atoms with E-state index in [2.05, 4.69) is 50.2 Å². The highest BCUT2D eigenvalue weighted by atomic mass is 15.0. The topological polar surface area (TPSA) is 12.0 Å². The molecular weight excluding hydrogens is 194 g/mol. The zero-order chi connectivity index (χ0) is 12.3. The van der Waals surface area contributed by atoms with E-state index in [1.54, 1.807) is 0 Å². The Morgan fingerprint density at radius 3 is 2.12 bits per heavy atom. The molecule has 0 aliphatic rings. The number of hydrogen-bond acceptors (Lipinski definition) is 1. The van der Waals surface area contributed by atoms with Gasteiger partial charge >= 0.3 is 0 Å². The number of nitrogens with one attached hydrogen (secondary N) is 1. The molecule has 0 heterocycles. The summed E-state index contributed by atoms with van der Waals surface area (Å²) in [5.41, 5.74) is 3.61. The average molecular weight is 215 g/mol. The molecule has 16 heavy (non-hydrogen) atoms. The summed E-state index contributed by atoms with van der Waals surface area (Å²) in [6, 6.07) is 6.86. The van der Waals surface area contributed by atoms with Crippen molar-refractivity contribution in [2.45, 2.75) is 46.2 Å². The van der Waals surface area contributed by atoms with Gasteiger partial charge in [-0.05, 0) is 40.2 Å². The highest BCUT2D eigenvalue weighted by Gasteiger charge is 2.17. The van der Waals surface area contributed by atoms with Crippen molar-refractivity contribution in [2.75, 3.05) is 0 Å². The molecule has 1 aromatic rings. The zero-order valence-electron chi connectivity index (χ0n) is 10.9. The van der Waals surface area contributed by atoms with Crippen LogP contribution < -0.4 is 5.32 Å². The highest BCUT2D eigenvalue weighted by molar-refractivity contribution is 5.31. The van der Waals surface area contributed by atoms with E-state index < -0.39 is 0 Å². The minimum atomic E-state index is -0.267. The van der Waals surface area contributed by atoms with E-state index >= 15 is 0 Å². The Kier molecular flexibility index (Phi) is 3.78. The summed E-state index contributed by atoms with van der Waals surface area (Å²) in [5, 5.41) is 3.44. The molecule has 1 nitrogen and oxygen atoms in total. The summed E-state index contributed by atoms with van der Waals surface area (Å²) in [4.78, 5) is 0. The van der Waals surface area contributed by atoms with Gasteiger partial charge in [0, 0.05) is 6.04 Å². The van der Waals surface area contributed by atoms with Gasteiger partial charge in [-0.1, -0.05) is 35.2 Å². The van der Waals surface area contributed by atoms with Crippen LogP contribution in [0.1, 0.15) is 43.5 Å². The van der Waals surface area contributed by atoms with Gasteiger partial charge in [-0.15, -0.1) is 6.42 Å². The fourth-order valence-corrected chi connectivity index (χ4v) is 1.93. The van der Waals surface area contributed by atoms with Crippen molar-refractivity contribution in [3.05, 3.63) is 34.9 Å². The third kappa shape index (κ3) is 3.40. The first-order valence-corrected chi connectivity index (χ1v) is 5.68. The quantitative estimate of drug-likeness (QED) is 0.762. The van der Waals surface area contributed by atoms with Crippen LogP contribution in [-0.2, 0) is 0 Å². The zero-order valence-corrected chi connectivity index (χ0v) is 10.9. The first-order valence-electron chi connectivity index (χ1n) is 5.68. The molecular formula is C15H21N. The van der Waals surface area contributed by atoms with E-state index in [0.29, 0.717) is 0 Å². The normalized spacial score (nSPS) is 13.2. The van der Waals surface area contributed by atoms with Crippen LogP contribution in [0.4, 0.5) is 0 Å². The Hall–Kier alpha value is -1.26. The van der Waals surface area contributed by atoms with Crippen LogP contribution in [0.2, 0.25) is 0 Å². The molecule has 1 heteroatoms. The van der Waals surface area contributed by atoms with E-state index in [9.17, 15) is 0 Å². The lowest BCUT2D eigenvalue weighted by atomic mass is 9.99. The molecule has 1 N–H and O–H groups in total. The molecule has 0 aliphatic carbocycles. The third-order valence-electron chi connectivity index (χ3n) is 2.68. The molecule has 1 unspecified atom stereocenters. The second-order valence-corrected chi connectivity index (χ2v) is 5.06. The van der Waals surface area contributed by atoms with E-state index in [-0.39, 0.29) is 11.6 Å². The molecule has 0 radical (unpaired) electrons. The lowest BCUT2D eigenvalue weighted by Crippen LogP contribution is -2.39. The number of benzene rings is 1. The highest BCUT2D eigenvalue weighted by Crippen LogP contribution is 2.19. The lowest BCUT2D eigenvalue weighted by molar-refractivity contribution is 0.431. The molecule has 0 amide bonds. The SMILES string of the molecule is C#CC(C)(C)NC(C)c1cc(C)cc(C)c1. The molecule has 86 valence electrons. The molecule has 0 spiro atoms. The maximum absolute atomic E-state index is 5.48. The van der Waals surface area contributed by atoms with Crippen molar-refractivity contribution in [3.8, 4) is 12.3 Å². The van der Waals surface area contributed by atoms with Crippen LogP contribution in [0, 0.1) is 26.2 Å². The Bertz CT molecular complexity index is 390. The van der Waals surface area contributed by atoms with Gasteiger partial charge in [-0.3, -0.25) is 5.32 Å². The van der Waals surface area contributed by atoms with Crippen LogP contribution in [-0.4, -0.2) is 5.54 Å². The molecule has 0 saturated heterocycles. The molecule has 0 aromatic heterocycles. The third-order valence-corrected chi connectivity index (χ3v) is 2.68. The molecule has 0 bridgehead atoms. The number of rotatable bonds is 3. The average Bonchev–Trinajstić information content (AvgIpc) is 2.15. The van der Waals surface area contributed by atoms with Crippen LogP contribution in [0.15, 0.2) is 18.2 Å². The van der Waals surface area contributed by atoms with Gasteiger partial charge in [-0.2, -0.15) is 0 Å². The van der Waals surface area contributed by atoms with Gasteiger partial charge in [0.1, 0.15) is 0 Å². The van der Waals surface area contributed by atoms with Gasteiger partial charge in [0.15, 0.2) is 0 Å². The smallest absolute Gasteiger partial charge is 0.0745 e. The molecule has 0 fully saturated rings. The molecule has 0 saturated carbocycles. The number of aryl methyl sites for hydroxylation is 2. The number of hydrogen-bond donors (Lipinski definition) is 1. The van der Waals surface area contributed by atoms with Gasteiger partial charge < -0.3 is 0 Å². The summed E-state index contributed by atoms with van der Waals surface area (Å²) in [5.74, 6) is 2.76. The van der Waals surface area contributed by atoms with Crippen LogP contribution in [0.3, 0.4) is 0 Å². The van der Waals surface area contributed by atoms with E-state index in [0.717, 1.165) is 0 Å². The van der Waals surface area contributed by atoms with Gasteiger partial charge in [0.25, 0.3) is 0 Å². The second-order valence-electron chi connectivity index (χ2n) is 5.06. The number of terminal acetylenes is 1. The summed E-state index contributed by atoms with van der Waals surface area (Å²) >= 11 is 0. The Morgan fingerprint density at radius 1 is 1.19 bits per heavy atom. The van der Waals surface area contributed by atoms with Crippen molar-refractivity contribution in [2.24, 2.45) is 0 Å². The molecule has 0 aliphatic heterocycles. The van der Waals surface area contributed by atoms with E-state index in [1.165, 1.54) is 16.7 Å². The summed E-state index contributed by atoms with van der Waals surface area (Å²) in [6.07, 6.45) is 5.48. The fraction of sp³-hybridized carbons (Fsp3) is 0.467. The largest absolute Gasteiger partial charge is 0.295 e. The van der Waals surface area contributed by atoms with Crippen molar-refractivity contribution >= 4 is 0 Å². The Balaban J connectivity index is 2.89. The van der Waals surface area contributed by atoms with Crippen molar-refractivity contribution in [1.82, 2.24) is 5.32 Å². The minimum Gasteiger partial charge on any atom is -0.295 e. The summed E-state index contributed by atoms with van der Waals surface area (Å²) in [6.45, 7) is 10.4. The maximum atomic E-state index is 5.48. The van der Waals surface area contributed by atoms with Gasteiger partial charge in [0.2, 0.25) is 0 Å². The molecule has 1 rings (SSSR count). The van der Waals surface area contributed by atoms with Crippen molar-refractivity contribution in [3.63, 3.8) is 0 Å². The van der Waals surface area contributed by atoms with E-state index in [4.69, 9.17) is 6.42 Å². The predicted octanol–water partition coefficient (Wildman–Crippen LogP) is 3.37. The first kappa shape index (κ1) is 12.8. The van der Waals surface area contributed by atoms with Crippen molar-refractivity contribution in [1.29, 1.82) is 0 Å². The van der Waals surface area contributed by atoms with Crippen LogP contribution in [0.25, 0.3) is 0 Å². The summed E-state index contributed by atoms with van der Waals surface area (Å²) in [7, 11) is 0. The van der Waals surface area contributed by atoms with Gasteiger partial charge in [-0.25, -0.2) is 0 Å². The Morgan fingerprint density at radius 2 is 1.69 bits per heavy atom. The van der Waals surface area contributed by atoms with Crippen LogP contribution >= 0.6 is 0 Å². The monoisotopic (exact) mass is 215 g/mol. The maximum Gasteiger partial charge on any atom is 0.0745 e. The predicted molar refractivity (Wildman–Crippen MR) is 70.4 cm³/mol. The van der Waals surface area contributed by atoms with E-state index in [1.807, 2.05) is 13.8 Å². The molecule has 1 atom stereocenters. The minimum absolute atomic E-state index is 0.267. The first-order chi connectivity index (χ1) is 7.34. The van der Waals surface area contributed by atoms with Crippen molar-refractivity contribution < 1.29 is 0 Å². The Labute approximate surface area is 99.3 Å². The molecule has 1 aromatic carbocycles. The van der Waals surface area contributed by atoms with Gasteiger partial charge in [0.05, 0.1) is 5.54 Å². The lowest BCUT2D eigenvalue weighted by Gasteiger charge is -2.26. The standard InChI is InChI=1S/C15H21N/c1-7-15(5,6)16-13(4)14-9-11(2)8-12(3)10-14/h1,8-10,13,16H,2-6H3.